The van der Waals surface area contributed by atoms with Crippen molar-refractivity contribution < 1.29 is 19.8 Å². The maximum absolute atomic E-state index is 11.9. The van der Waals surface area contributed by atoms with Crippen molar-refractivity contribution in [3.8, 4) is 34.6 Å². The lowest BCUT2D eigenvalue weighted by Crippen LogP contribution is -2.09. The minimum absolute atomic E-state index is 0.0142. The Morgan fingerprint density at radius 1 is 0.511 bits per heavy atom. The second kappa shape index (κ2) is 12.7. The molecule has 45 heavy (non-hydrogen) atoms. The summed E-state index contributed by atoms with van der Waals surface area (Å²) in [6.45, 7) is 0. The Morgan fingerprint density at radius 2 is 1.00 bits per heavy atom. The van der Waals surface area contributed by atoms with Crippen LogP contribution in [0.5, 0.6) is 0 Å². The van der Waals surface area contributed by atoms with E-state index in [1.54, 1.807) is 18.3 Å². The molecule has 3 aromatic heterocycles. The molecule has 3 heterocycles. The largest absolute Gasteiger partial charge is 0.478 e. The number of aromatic nitrogens is 3. The molecule has 0 aliphatic rings. The van der Waals surface area contributed by atoms with Gasteiger partial charge in [0.1, 0.15) is 0 Å². The zero-order valence-electron chi connectivity index (χ0n) is 23.7. The third kappa shape index (κ3) is 6.58. The summed E-state index contributed by atoms with van der Waals surface area (Å²) >= 11 is 0. The van der Waals surface area contributed by atoms with Crippen LogP contribution in [0.1, 0.15) is 31.8 Å². The highest BCUT2D eigenvalue weighted by atomic mass is 16.4. The molecule has 8 heteroatoms. The number of carbonyl (C=O) groups is 2. The topological polar surface area (TPSA) is 117 Å². The minimum atomic E-state index is -1.16. The van der Waals surface area contributed by atoms with E-state index in [0.29, 0.717) is 17.0 Å². The van der Waals surface area contributed by atoms with Crippen LogP contribution in [-0.4, -0.2) is 37.1 Å². The van der Waals surface area contributed by atoms with E-state index in [9.17, 15) is 19.8 Å². The van der Waals surface area contributed by atoms with Crippen molar-refractivity contribution in [2.45, 2.75) is 0 Å². The van der Waals surface area contributed by atoms with Gasteiger partial charge in [0.2, 0.25) is 0 Å². The number of hydrogen-bond acceptors (Lipinski definition) is 6. The molecule has 0 atom stereocenters. The third-order valence-electron chi connectivity index (χ3n) is 6.87. The van der Waals surface area contributed by atoms with Gasteiger partial charge in [-0.05, 0) is 84.9 Å². The molecule has 0 unspecified atom stereocenters. The van der Waals surface area contributed by atoms with Gasteiger partial charge in [0.05, 0.1) is 33.9 Å². The van der Waals surface area contributed by atoms with Crippen LogP contribution in [-0.2, 0) is 0 Å². The van der Waals surface area contributed by atoms with Crippen LogP contribution in [0, 0.1) is 11.8 Å². The van der Waals surface area contributed by atoms with Crippen LogP contribution in [0.15, 0.2) is 134 Å². The van der Waals surface area contributed by atoms with Gasteiger partial charge in [-0.2, -0.15) is 0 Å². The zero-order chi connectivity index (χ0) is 31.2. The SMILES string of the molecule is O=C(O)c1ccnc(-c2cc(C(=O)O)cc(-c3cc(C#Cc4ccc(N(c5ccccc5)c5ccccc5)cc4)ccn3)n2)c1. The molecule has 0 spiro atoms. The van der Waals surface area contributed by atoms with E-state index in [0.717, 1.165) is 22.6 Å². The molecule has 2 N–H and O–H groups in total. The molecule has 8 nitrogen and oxygen atoms in total. The number of hydrogen-bond donors (Lipinski definition) is 2. The number of aromatic carboxylic acids is 2. The monoisotopic (exact) mass is 588 g/mol. The van der Waals surface area contributed by atoms with Crippen molar-refractivity contribution in [2.24, 2.45) is 0 Å². The molecule has 6 rings (SSSR count). The molecule has 0 radical (unpaired) electrons. The molecular formula is C37H24N4O4. The number of carboxylic acids is 2. The summed E-state index contributed by atoms with van der Waals surface area (Å²) in [5.74, 6) is 4.07. The highest BCUT2D eigenvalue weighted by Gasteiger charge is 2.15. The fourth-order valence-corrected chi connectivity index (χ4v) is 4.71. The summed E-state index contributed by atoms with van der Waals surface area (Å²) in [4.78, 5) is 38.7. The summed E-state index contributed by atoms with van der Waals surface area (Å²) < 4.78 is 0. The lowest BCUT2D eigenvalue weighted by atomic mass is 10.1. The molecule has 0 aliphatic heterocycles. The molecule has 3 aromatic carbocycles. The number of carboxylic acid groups (broad SMARTS) is 2. The van der Waals surface area contributed by atoms with Gasteiger partial charge in [-0.25, -0.2) is 14.6 Å². The second-order valence-electron chi connectivity index (χ2n) is 9.90. The molecule has 0 fully saturated rings. The number of nitrogens with zero attached hydrogens (tertiary/aromatic N) is 4. The molecule has 0 bridgehead atoms. The standard InChI is InChI=1S/C37H24N4O4/c42-36(43)27-18-20-39-33(22-27)35-24-28(37(44)45)23-34(40-35)32-21-26(17-19-38-32)12-11-25-13-15-31(16-14-25)41(29-7-3-1-4-8-29)30-9-5-2-6-10-30/h1-10,13-24H,(H,42,43)(H,44,45). The third-order valence-corrected chi connectivity index (χ3v) is 6.87. The molecule has 216 valence electrons. The Kier molecular flexibility index (Phi) is 8.07. The first-order valence-corrected chi connectivity index (χ1v) is 13.9. The van der Waals surface area contributed by atoms with Crippen LogP contribution in [0.2, 0.25) is 0 Å². The van der Waals surface area contributed by atoms with Gasteiger partial charge in [0.15, 0.2) is 0 Å². The van der Waals surface area contributed by atoms with Crippen LogP contribution in [0.3, 0.4) is 0 Å². The first-order chi connectivity index (χ1) is 21.9. The Balaban J connectivity index is 1.29. The number of pyridine rings is 3. The second-order valence-corrected chi connectivity index (χ2v) is 9.90. The normalized spacial score (nSPS) is 10.4. The first-order valence-electron chi connectivity index (χ1n) is 13.9. The Morgan fingerprint density at radius 3 is 1.58 bits per heavy atom. The fourth-order valence-electron chi connectivity index (χ4n) is 4.71. The zero-order valence-corrected chi connectivity index (χ0v) is 23.7. The number of rotatable bonds is 7. The summed E-state index contributed by atoms with van der Waals surface area (Å²) in [6.07, 6.45) is 2.92. The van der Waals surface area contributed by atoms with Crippen molar-refractivity contribution in [2.75, 3.05) is 4.90 Å². The average molecular weight is 589 g/mol. The van der Waals surface area contributed by atoms with E-state index in [4.69, 9.17) is 0 Å². The van der Waals surface area contributed by atoms with Crippen molar-refractivity contribution in [3.05, 3.63) is 156 Å². The van der Waals surface area contributed by atoms with E-state index in [-0.39, 0.29) is 22.5 Å². The van der Waals surface area contributed by atoms with Gasteiger partial charge in [-0.3, -0.25) is 9.97 Å². The predicted octanol–water partition coefficient (Wildman–Crippen LogP) is 7.47. The van der Waals surface area contributed by atoms with E-state index < -0.39 is 11.9 Å². The highest BCUT2D eigenvalue weighted by molar-refractivity contribution is 5.91. The Bertz CT molecular complexity index is 2030. The Labute approximate surface area is 259 Å². The van der Waals surface area contributed by atoms with Gasteiger partial charge >= 0.3 is 11.9 Å². The minimum Gasteiger partial charge on any atom is -0.478 e. The van der Waals surface area contributed by atoms with Gasteiger partial charge in [0, 0.05) is 40.6 Å². The number of anilines is 3. The van der Waals surface area contributed by atoms with Crippen LogP contribution in [0.4, 0.5) is 17.1 Å². The van der Waals surface area contributed by atoms with Crippen molar-refractivity contribution in [3.63, 3.8) is 0 Å². The van der Waals surface area contributed by atoms with Gasteiger partial charge in [0.25, 0.3) is 0 Å². The smallest absolute Gasteiger partial charge is 0.335 e. The molecule has 0 saturated carbocycles. The summed E-state index contributed by atoms with van der Waals surface area (Å²) in [5, 5.41) is 19.1. The highest BCUT2D eigenvalue weighted by Crippen LogP contribution is 2.34. The van der Waals surface area contributed by atoms with Gasteiger partial charge in [-0.1, -0.05) is 48.2 Å². The summed E-state index contributed by atoms with van der Waals surface area (Å²) in [7, 11) is 0. The van der Waals surface area contributed by atoms with Crippen molar-refractivity contribution >= 4 is 29.0 Å². The maximum atomic E-state index is 11.9. The quantitative estimate of drug-likeness (QED) is 0.185. The number of para-hydroxylation sites is 2. The van der Waals surface area contributed by atoms with E-state index in [2.05, 4.69) is 56.0 Å². The Hall–Kier alpha value is -6.59. The van der Waals surface area contributed by atoms with Crippen LogP contribution < -0.4 is 4.90 Å². The fraction of sp³-hybridized carbons (Fsp3) is 0. The average Bonchev–Trinajstić information content (AvgIpc) is 3.09. The van der Waals surface area contributed by atoms with E-state index >= 15 is 0 Å². The van der Waals surface area contributed by atoms with E-state index in [1.165, 1.54) is 30.5 Å². The predicted molar refractivity (Wildman–Crippen MR) is 172 cm³/mol. The van der Waals surface area contributed by atoms with Crippen LogP contribution >= 0.6 is 0 Å². The maximum Gasteiger partial charge on any atom is 0.335 e. The molecule has 0 saturated heterocycles. The molecular weight excluding hydrogens is 564 g/mol. The summed E-state index contributed by atoms with van der Waals surface area (Å²) in [5.41, 5.74) is 5.69. The van der Waals surface area contributed by atoms with Crippen LogP contribution in [0.25, 0.3) is 22.8 Å². The molecule has 0 amide bonds. The van der Waals surface area contributed by atoms with E-state index in [1.807, 2.05) is 60.7 Å². The summed E-state index contributed by atoms with van der Waals surface area (Å²) in [6, 6.07) is 37.2. The van der Waals surface area contributed by atoms with Gasteiger partial charge < -0.3 is 15.1 Å². The number of benzene rings is 3. The lowest BCUT2D eigenvalue weighted by Gasteiger charge is -2.25. The van der Waals surface area contributed by atoms with Crippen molar-refractivity contribution in [1.82, 2.24) is 15.0 Å². The molecule has 0 aliphatic carbocycles. The van der Waals surface area contributed by atoms with Crippen molar-refractivity contribution in [1.29, 1.82) is 0 Å². The van der Waals surface area contributed by atoms with Gasteiger partial charge in [-0.15, -0.1) is 0 Å². The molecule has 6 aromatic rings. The first kappa shape index (κ1) is 28.5. The lowest BCUT2D eigenvalue weighted by molar-refractivity contribution is 0.0686.